The molecule has 0 aromatic carbocycles. The van der Waals surface area contributed by atoms with Crippen LogP contribution in [0.3, 0.4) is 0 Å². The highest BCUT2D eigenvalue weighted by Gasteiger charge is 2.48. The maximum Gasteiger partial charge on any atom is 0.375 e. The summed E-state index contributed by atoms with van der Waals surface area (Å²) < 4.78 is 9.56. The van der Waals surface area contributed by atoms with Crippen LogP contribution in [0.15, 0.2) is 0 Å². The molecule has 0 amide bonds. The maximum atomic E-state index is 11.4. The van der Waals surface area contributed by atoms with Crippen molar-refractivity contribution in [3.8, 4) is 0 Å². The topological polar surface area (TPSA) is 72.8 Å². The monoisotopic (exact) mass is 216 g/mol. The fourth-order valence-corrected chi connectivity index (χ4v) is 1.28. The number of hydrogen-bond acceptors (Lipinski definition) is 5. The van der Waals surface area contributed by atoms with E-state index >= 15 is 0 Å². The molecule has 0 bridgehead atoms. The molecule has 0 aromatic heterocycles. The zero-order valence-corrected chi connectivity index (χ0v) is 8.82. The molecule has 1 N–H and O–H groups in total. The van der Waals surface area contributed by atoms with E-state index in [1.165, 1.54) is 0 Å². The van der Waals surface area contributed by atoms with Gasteiger partial charge in [0.25, 0.3) is 0 Å². The van der Waals surface area contributed by atoms with E-state index in [9.17, 15) is 14.7 Å². The summed E-state index contributed by atoms with van der Waals surface area (Å²) in [5, 5.41) is 9.66. The van der Waals surface area contributed by atoms with Crippen LogP contribution in [0.5, 0.6) is 0 Å². The highest BCUT2D eigenvalue weighted by atomic mass is 16.7. The summed E-state index contributed by atoms with van der Waals surface area (Å²) in [4.78, 5) is 22.7. The van der Waals surface area contributed by atoms with Crippen molar-refractivity contribution in [1.82, 2.24) is 0 Å². The minimum Gasteiger partial charge on any atom is -0.461 e. The lowest BCUT2D eigenvalue weighted by atomic mass is 10.0. The number of aliphatic hydroxyl groups is 1. The Balaban J connectivity index is 2.51. The third kappa shape index (κ3) is 2.76. The molecular formula is C10H16O5. The first-order chi connectivity index (χ1) is 7.11. The van der Waals surface area contributed by atoms with Gasteiger partial charge in [-0.3, -0.25) is 4.79 Å². The second-order valence-corrected chi connectivity index (χ2v) is 3.51. The van der Waals surface area contributed by atoms with Crippen LogP contribution in [-0.4, -0.2) is 35.9 Å². The summed E-state index contributed by atoms with van der Waals surface area (Å²) in [6.45, 7) is 2.35. The summed E-state index contributed by atoms with van der Waals surface area (Å²) >= 11 is 0. The standard InChI is InChI=1S/C10H16O5/c1-2-3-6-14-9(12)10(13)8(11)5-4-7-15-10/h13H,2-7H2,1H3. The Bertz CT molecular complexity index is 250. The minimum absolute atomic E-state index is 0.152. The fourth-order valence-electron chi connectivity index (χ4n) is 1.28. The third-order valence-corrected chi connectivity index (χ3v) is 2.24. The average Bonchev–Trinajstić information content (AvgIpc) is 2.23. The van der Waals surface area contributed by atoms with Gasteiger partial charge < -0.3 is 14.6 Å². The fraction of sp³-hybridized carbons (Fsp3) is 0.800. The smallest absolute Gasteiger partial charge is 0.375 e. The molecule has 0 saturated carbocycles. The van der Waals surface area contributed by atoms with E-state index in [0.717, 1.165) is 6.42 Å². The van der Waals surface area contributed by atoms with Crippen molar-refractivity contribution in [3.63, 3.8) is 0 Å². The second kappa shape index (κ2) is 5.23. The number of carbonyl (C=O) groups excluding carboxylic acids is 2. The van der Waals surface area contributed by atoms with E-state index in [4.69, 9.17) is 9.47 Å². The number of carbonyl (C=O) groups is 2. The van der Waals surface area contributed by atoms with Gasteiger partial charge >= 0.3 is 11.8 Å². The second-order valence-electron chi connectivity index (χ2n) is 3.51. The van der Waals surface area contributed by atoms with Crippen LogP contribution in [0.25, 0.3) is 0 Å². The average molecular weight is 216 g/mol. The molecule has 1 atom stereocenters. The molecule has 1 aliphatic rings. The number of rotatable bonds is 4. The minimum atomic E-state index is -2.36. The zero-order chi connectivity index (χ0) is 11.3. The lowest BCUT2D eigenvalue weighted by molar-refractivity contribution is -0.230. The molecule has 1 rings (SSSR count). The maximum absolute atomic E-state index is 11.4. The van der Waals surface area contributed by atoms with Gasteiger partial charge in [-0.1, -0.05) is 13.3 Å². The van der Waals surface area contributed by atoms with Gasteiger partial charge in [-0.15, -0.1) is 0 Å². The van der Waals surface area contributed by atoms with Crippen molar-refractivity contribution < 1.29 is 24.2 Å². The molecule has 0 radical (unpaired) electrons. The Kier molecular flexibility index (Phi) is 4.23. The number of Topliss-reactive ketones (excluding diaryl/α,β-unsaturated/α-hetero) is 1. The number of unbranched alkanes of at least 4 members (excludes halogenated alkanes) is 1. The van der Waals surface area contributed by atoms with Crippen molar-refractivity contribution >= 4 is 11.8 Å². The van der Waals surface area contributed by atoms with Crippen LogP contribution < -0.4 is 0 Å². The number of esters is 1. The summed E-state index contributed by atoms with van der Waals surface area (Å²) in [7, 11) is 0. The third-order valence-electron chi connectivity index (χ3n) is 2.24. The highest BCUT2D eigenvalue weighted by Crippen LogP contribution is 2.20. The lowest BCUT2D eigenvalue weighted by Gasteiger charge is -2.27. The normalized spacial score (nSPS) is 26.4. The Morgan fingerprint density at radius 3 is 3.00 bits per heavy atom. The van der Waals surface area contributed by atoms with Gasteiger partial charge in [0.2, 0.25) is 5.78 Å². The Morgan fingerprint density at radius 2 is 2.40 bits per heavy atom. The van der Waals surface area contributed by atoms with E-state index < -0.39 is 17.5 Å². The van der Waals surface area contributed by atoms with Crippen molar-refractivity contribution in [3.05, 3.63) is 0 Å². The highest BCUT2D eigenvalue weighted by molar-refractivity contribution is 6.05. The molecule has 0 aromatic rings. The van der Waals surface area contributed by atoms with Gasteiger partial charge in [0.15, 0.2) is 0 Å². The van der Waals surface area contributed by atoms with Crippen LogP contribution in [0.2, 0.25) is 0 Å². The summed E-state index contributed by atoms with van der Waals surface area (Å²) in [6, 6.07) is 0. The van der Waals surface area contributed by atoms with Crippen molar-refractivity contribution in [1.29, 1.82) is 0 Å². The predicted octanol–water partition coefficient (Wildman–Crippen LogP) is 0.398. The SMILES string of the molecule is CCCCOC(=O)C1(O)OCCCC1=O. The zero-order valence-electron chi connectivity index (χ0n) is 8.82. The van der Waals surface area contributed by atoms with Crippen LogP contribution in [0, 0.1) is 0 Å². The van der Waals surface area contributed by atoms with Crippen LogP contribution in [0.1, 0.15) is 32.6 Å². The van der Waals surface area contributed by atoms with Gasteiger partial charge in [-0.2, -0.15) is 0 Å². The van der Waals surface area contributed by atoms with E-state index in [1.807, 2.05) is 6.92 Å². The number of ketones is 1. The Labute approximate surface area is 88.4 Å². The van der Waals surface area contributed by atoms with E-state index in [2.05, 4.69) is 0 Å². The molecule has 0 spiro atoms. The van der Waals surface area contributed by atoms with E-state index in [-0.39, 0.29) is 19.6 Å². The first kappa shape index (κ1) is 12.1. The molecule has 15 heavy (non-hydrogen) atoms. The van der Waals surface area contributed by atoms with Crippen LogP contribution >= 0.6 is 0 Å². The Hall–Kier alpha value is -0.940. The van der Waals surface area contributed by atoms with Gasteiger partial charge in [-0.25, -0.2) is 4.79 Å². The summed E-state index contributed by atoms with van der Waals surface area (Å²) in [5.41, 5.74) is 0. The molecular weight excluding hydrogens is 200 g/mol. The molecule has 1 fully saturated rings. The molecule has 1 saturated heterocycles. The van der Waals surface area contributed by atoms with Crippen molar-refractivity contribution in [2.45, 2.75) is 38.4 Å². The van der Waals surface area contributed by atoms with Gasteiger partial charge in [0, 0.05) is 6.42 Å². The van der Waals surface area contributed by atoms with Crippen LogP contribution in [-0.2, 0) is 19.1 Å². The molecule has 5 nitrogen and oxygen atoms in total. The van der Waals surface area contributed by atoms with Gasteiger partial charge in [0.1, 0.15) is 0 Å². The van der Waals surface area contributed by atoms with Gasteiger partial charge in [-0.05, 0) is 12.8 Å². The summed E-state index contributed by atoms with van der Waals surface area (Å²) in [5.74, 6) is -3.96. The molecule has 1 unspecified atom stereocenters. The number of ether oxygens (including phenoxy) is 2. The van der Waals surface area contributed by atoms with E-state index in [0.29, 0.717) is 12.8 Å². The number of hydrogen-bond donors (Lipinski definition) is 1. The molecule has 0 aliphatic carbocycles. The molecule has 1 aliphatic heterocycles. The quantitative estimate of drug-likeness (QED) is 0.418. The Morgan fingerprint density at radius 1 is 1.67 bits per heavy atom. The van der Waals surface area contributed by atoms with Crippen molar-refractivity contribution in [2.75, 3.05) is 13.2 Å². The van der Waals surface area contributed by atoms with Gasteiger partial charge in [0.05, 0.1) is 13.2 Å². The largest absolute Gasteiger partial charge is 0.461 e. The lowest BCUT2D eigenvalue weighted by Crippen LogP contribution is -2.52. The molecule has 86 valence electrons. The first-order valence-electron chi connectivity index (χ1n) is 5.18. The van der Waals surface area contributed by atoms with E-state index in [1.54, 1.807) is 0 Å². The first-order valence-corrected chi connectivity index (χ1v) is 5.18. The van der Waals surface area contributed by atoms with Crippen molar-refractivity contribution in [2.24, 2.45) is 0 Å². The van der Waals surface area contributed by atoms with Crippen LogP contribution in [0.4, 0.5) is 0 Å². The summed E-state index contributed by atoms with van der Waals surface area (Å²) in [6.07, 6.45) is 2.26. The molecule has 1 heterocycles. The predicted molar refractivity (Wildman–Crippen MR) is 51.0 cm³/mol. The molecule has 5 heteroatoms.